The molecule has 2 aromatic rings. The highest BCUT2D eigenvalue weighted by atomic mass is 31.2. The van der Waals surface area contributed by atoms with Crippen LogP contribution in [0.4, 0.5) is 5.69 Å². The number of dihydropyridines is 1. The van der Waals surface area contributed by atoms with E-state index in [1.807, 2.05) is 37.4 Å². The average Bonchev–Trinajstić information content (AvgIpc) is 2.99. The number of benzene rings is 2. The van der Waals surface area contributed by atoms with Gasteiger partial charge in [-0.3, -0.25) is 19.6 Å². The van der Waals surface area contributed by atoms with Gasteiger partial charge in [-0.1, -0.05) is 61.7 Å². The summed E-state index contributed by atoms with van der Waals surface area (Å²) in [7, 11) is -1.93. The topological polar surface area (TPSA) is 120 Å². The molecule has 0 aromatic heterocycles. The maximum atomic E-state index is 14.5. The maximum Gasteiger partial charge on any atom is 0.360 e. The fraction of sp³-hybridized carbons (Fsp3) is 0.469. The van der Waals surface area contributed by atoms with Crippen LogP contribution in [-0.4, -0.2) is 49.2 Å². The van der Waals surface area contributed by atoms with Crippen LogP contribution >= 0.6 is 7.60 Å². The minimum Gasteiger partial charge on any atom is -0.461 e. The normalized spacial score (nSPS) is 21.5. The van der Waals surface area contributed by atoms with E-state index in [4.69, 9.17) is 13.8 Å². The number of carbonyl (C=O) groups excluding carboxylic acids is 1. The van der Waals surface area contributed by atoms with E-state index < -0.39 is 24.4 Å². The second-order valence-electron chi connectivity index (χ2n) is 11.9. The van der Waals surface area contributed by atoms with E-state index in [-0.39, 0.29) is 28.6 Å². The van der Waals surface area contributed by atoms with Crippen LogP contribution in [0.15, 0.2) is 76.9 Å². The molecule has 1 spiro atoms. The van der Waals surface area contributed by atoms with Gasteiger partial charge >= 0.3 is 13.6 Å². The number of likely N-dealkylation sites (N-methyl/N-ethyl adjacent to an activating group) is 1. The van der Waals surface area contributed by atoms with E-state index in [0.717, 1.165) is 31.2 Å². The highest BCUT2D eigenvalue weighted by Crippen LogP contribution is 2.67. The Labute approximate surface area is 252 Å². The van der Waals surface area contributed by atoms with Crippen molar-refractivity contribution < 1.29 is 28.1 Å². The number of nitrogens with zero attached hydrogens (tertiary/aromatic N) is 2. The molecule has 1 saturated heterocycles. The molecule has 1 atom stereocenters. The maximum absolute atomic E-state index is 14.5. The summed E-state index contributed by atoms with van der Waals surface area (Å²) in [6.45, 7) is 5.45. The molecule has 1 aliphatic carbocycles. The smallest absolute Gasteiger partial charge is 0.360 e. The van der Waals surface area contributed by atoms with Crippen molar-refractivity contribution in [2.24, 2.45) is 5.41 Å². The summed E-state index contributed by atoms with van der Waals surface area (Å²) in [6.07, 6.45) is 5.23. The molecule has 3 aliphatic rings. The van der Waals surface area contributed by atoms with Gasteiger partial charge in [0.2, 0.25) is 0 Å². The first kappa shape index (κ1) is 31.1. The molecule has 10 nitrogen and oxygen atoms in total. The minimum absolute atomic E-state index is 0.131. The lowest BCUT2D eigenvalue weighted by atomic mass is 9.75. The van der Waals surface area contributed by atoms with Crippen LogP contribution in [-0.2, 0) is 29.7 Å². The summed E-state index contributed by atoms with van der Waals surface area (Å²) in [4.78, 5) is 27.0. The van der Waals surface area contributed by atoms with E-state index in [1.54, 1.807) is 26.0 Å². The quantitative estimate of drug-likeness (QED) is 0.144. The first-order valence-electron chi connectivity index (χ1n) is 14.8. The first-order chi connectivity index (χ1) is 20.6. The molecule has 2 fully saturated rings. The van der Waals surface area contributed by atoms with E-state index in [2.05, 4.69) is 10.2 Å². The number of rotatable bonds is 9. The molecule has 11 heteroatoms. The van der Waals surface area contributed by atoms with Gasteiger partial charge in [0, 0.05) is 42.0 Å². The van der Waals surface area contributed by atoms with Crippen molar-refractivity contribution in [3.05, 3.63) is 98.1 Å². The van der Waals surface area contributed by atoms with E-state index >= 15 is 0 Å². The fourth-order valence-electron chi connectivity index (χ4n) is 6.36. The lowest BCUT2D eigenvalue weighted by molar-refractivity contribution is -0.384. The fourth-order valence-corrected chi connectivity index (χ4v) is 8.66. The second kappa shape index (κ2) is 13.1. The molecule has 1 N–H and O–H groups in total. The molecule has 0 bridgehead atoms. The van der Waals surface area contributed by atoms with Crippen LogP contribution in [0.5, 0.6) is 0 Å². The van der Waals surface area contributed by atoms with Crippen LogP contribution < -0.4 is 5.32 Å². The number of nitrogens with one attached hydrogen (secondary N) is 1. The minimum atomic E-state index is -3.89. The SMILES string of the molecule is CC1=C(C(=O)OCCN(C)Cc2ccccc2)C(c2cccc([N+](=O)[O-])c2)C(P2(=O)OCC3(CCCCC3)CO2)=C(C)N1. The third kappa shape index (κ3) is 6.93. The zero-order valence-corrected chi connectivity index (χ0v) is 25.9. The molecular weight excluding hydrogens is 569 g/mol. The van der Waals surface area contributed by atoms with Crippen LogP contribution in [0.3, 0.4) is 0 Å². The standard InChI is InChI=1S/C32H40N3O7P/c1-23-28(31(36)40-18-17-34(3)20-25-11-6-4-7-12-25)29(26-13-10-14-27(19-26)35(37)38)30(24(2)33-23)43(39)41-21-32(22-42-43)15-8-5-9-16-32/h4,6-7,10-14,19,29,33H,5,8-9,15-18,20-22H2,1-3H3. The summed E-state index contributed by atoms with van der Waals surface area (Å²) >= 11 is 0. The summed E-state index contributed by atoms with van der Waals surface area (Å²) in [6, 6.07) is 16.1. The molecule has 0 amide bonds. The molecule has 2 aliphatic heterocycles. The first-order valence-corrected chi connectivity index (χ1v) is 16.4. The lowest BCUT2D eigenvalue weighted by Gasteiger charge is -2.44. The Balaban J connectivity index is 1.41. The van der Waals surface area contributed by atoms with Gasteiger partial charge in [-0.05, 0) is 44.9 Å². The molecular formula is C32H40N3O7P. The number of nitro benzene ring substituents is 1. The molecule has 230 valence electrons. The van der Waals surface area contributed by atoms with Gasteiger partial charge in [0.15, 0.2) is 0 Å². The van der Waals surface area contributed by atoms with Gasteiger partial charge < -0.3 is 19.1 Å². The summed E-state index contributed by atoms with van der Waals surface area (Å²) in [5.41, 5.74) is 2.58. The molecule has 5 rings (SSSR count). The van der Waals surface area contributed by atoms with Gasteiger partial charge in [0.05, 0.1) is 34.9 Å². The highest BCUT2D eigenvalue weighted by molar-refractivity contribution is 7.58. The van der Waals surface area contributed by atoms with Crippen LogP contribution in [0.1, 0.15) is 63.0 Å². The number of hydrogen-bond acceptors (Lipinski definition) is 9. The van der Waals surface area contributed by atoms with Crippen LogP contribution in [0, 0.1) is 15.5 Å². The summed E-state index contributed by atoms with van der Waals surface area (Å²) in [5, 5.41) is 15.2. The predicted octanol–water partition coefficient (Wildman–Crippen LogP) is 6.65. The number of carbonyl (C=O) groups is 1. The van der Waals surface area contributed by atoms with Crippen molar-refractivity contribution in [3.63, 3.8) is 0 Å². The van der Waals surface area contributed by atoms with Crippen molar-refractivity contribution in [2.75, 3.05) is 33.4 Å². The van der Waals surface area contributed by atoms with Gasteiger partial charge in [-0.2, -0.15) is 0 Å². The summed E-state index contributed by atoms with van der Waals surface area (Å²) in [5.74, 6) is -1.51. The third-order valence-corrected chi connectivity index (χ3v) is 10.8. The van der Waals surface area contributed by atoms with E-state index in [0.29, 0.717) is 43.3 Å². The Morgan fingerprint density at radius 2 is 1.77 bits per heavy atom. The van der Waals surface area contributed by atoms with E-state index in [1.165, 1.54) is 18.6 Å². The molecule has 1 unspecified atom stereocenters. The van der Waals surface area contributed by atoms with Gasteiger partial charge in [0.1, 0.15) is 6.61 Å². The molecule has 1 saturated carbocycles. The van der Waals surface area contributed by atoms with Crippen molar-refractivity contribution in [1.82, 2.24) is 10.2 Å². The number of esters is 1. The molecule has 2 heterocycles. The number of allylic oxidation sites excluding steroid dienone is 3. The van der Waals surface area contributed by atoms with Crippen molar-refractivity contribution in [2.45, 2.75) is 58.4 Å². The highest BCUT2D eigenvalue weighted by Gasteiger charge is 2.50. The van der Waals surface area contributed by atoms with Gasteiger partial charge in [-0.25, -0.2) is 4.79 Å². The zero-order chi connectivity index (χ0) is 30.6. The molecule has 43 heavy (non-hydrogen) atoms. The number of hydrogen-bond donors (Lipinski definition) is 1. The molecule has 2 aromatic carbocycles. The Bertz CT molecular complexity index is 1450. The number of ether oxygens (including phenoxy) is 1. The lowest BCUT2D eigenvalue weighted by Crippen LogP contribution is -2.38. The third-order valence-electron chi connectivity index (χ3n) is 8.65. The Kier molecular flexibility index (Phi) is 9.51. The Morgan fingerprint density at radius 3 is 2.44 bits per heavy atom. The van der Waals surface area contributed by atoms with Crippen molar-refractivity contribution in [3.8, 4) is 0 Å². The van der Waals surface area contributed by atoms with Crippen LogP contribution in [0.25, 0.3) is 0 Å². The average molecular weight is 610 g/mol. The molecule has 0 radical (unpaired) electrons. The Hall–Kier alpha value is -3.30. The predicted molar refractivity (Wildman–Crippen MR) is 163 cm³/mol. The van der Waals surface area contributed by atoms with Gasteiger partial charge in [-0.15, -0.1) is 0 Å². The van der Waals surface area contributed by atoms with Crippen molar-refractivity contribution >= 4 is 19.3 Å². The second-order valence-corrected chi connectivity index (χ2v) is 13.9. The van der Waals surface area contributed by atoms with Gasteiger partial charge in [0.25, 0.3) is 5.69 Å². The number of non-ortho nitro benzene ring substituents is 1. The van der Waals surface area contributed by atoms with Crippen LogP contribution in [0.2, 0.25) is 0 Å². The largest absolute Gasteiger partial charge is 0.461 e. The monoisotopic (exact) mass is 609 g/mol. The summed E-state index contributed by atoms with van der Waals surface area (Å²) < 4.78 is 32.6. The Morgan fingerprint density at radius 1 is 1.07 bits per heavy atom. The number of nitro groups is 1. The van der Waals surface area contributed by atoms with Crippen molar-refractivity contribution in [1.29, 1.82) is 0 Å². The van der Waals surface area contributed by atoms with E-state index in [9.17, 15) is 19.5 Å². The zero-order valence-electron chi connectivity index (χ0n) is 25.0.